The van der Waals surface area contributed by atoms with Crippen molar-refractivity contribution in [3.63, 3.8) is 0 Å². The van der Waals surface area contributed by atoms with Gasteiger partial charge in [-0.25, -0.2) is 4.68 Å². The van der Waals surface area contributed by atoms with Crippen LogP contribution in [0.5, 0.6) is 0 Å². The van der Waals surface area contributed by atoms with E-state index in [4.69, 9.17) is 0 Å². The fourth-order valence-corrected chi connectivity index (χ4v) is 4.13. The van der Waals surface area contributed by atoms with E-state index in [1.165, 1.54) is 11.4 Å². The summed E-state index contributed by atoms with van der Waals surface area (Å²) in [5.74, 6) is 1.35. The quantitative estimate of drug-likeness (QED) is 0.731. The van der Waals surface area contributed by atoms with E-state index in [0.29, 0.717) is 18.5 Å². The summed E-state index contributed by atoms with van der Waals surface area (Å²) in [4.78, 5) is 28.2. The summed E-state index contributed by atoms with van der Waals surface area (Å²) < 4.78 is 2.08. The van der Waals surface area contributed by atoms with E-state index in [1.54, 1.807) is 0 Å². The first-order valence-corrected chi connectivity index (χ1v) is 10.5. The summed E-state index contributed by atoms with van der Waals surface area (Å²) >= 11 is 0. The number of carbonyl (C=O) groups is 2. The first-order chi connectivity index (χ1) is 14.1. The molecule has 0 spiro atoms. The molecule has 2 aliphatic heterocycles. The average Bonchev–Trinajstić information content (AvgIpc) is 3.30. The van der Waals surface area contributed by atoms with E-state index in [2.05, 4.69) is 26.1 Å². The number of benzene rings is 1. The zero-order valence-corrected chi connectivity index (χ0v) is 17.1. The third-order valence-corrected chi connectivity index (χ3v) is 5.65. The van der Waals surface area contributed by atoms with Gasteiger partial charge in [0.05, 0.1) is 5.69 Å². The zero-order chi connectivity index (χ0) is 20.2. The van der Waals surface area contributed by atoms with Crippen molar-refractivity contribution in [1.82, 2.24) is 20.0 Å². The molecule has 0 atom stereocenters. The predicted octanol–water partition coefficient (Wildman–Crippen LogP) is 2.34. The topological polar surface area (TPSA) is 70.5 Å². The number of rotatable bonds is 7. The second kappa shape index (κ2) is 8.68. The van der Waals surface area contributed by atoms with E-state index in [1.807, 2.05) is 36.1 Å². The van der Waals surface area contributed by atoms with Crippen LogP contribution in [0.2, 0.25) is 0 Å². The van der Waals surface area contributed by atoms with E-state index in [0.717, 1.165) is 57.7 Å². The van der Waals surface area contributed by atoms with E-state index < -0.39 is 0 Å². The lowest BCUT2D eigenvalue weighted by Gasteiger charge is -2.29. The van der Waals surface area contributed by atoms with Gasteiger partial charge < -0.3 is 15.1 Å². The number of carbonyl (C=O) groups excluding carboxylic acids is 2. The summed E-state index contributed by atoms with van der Waals surface area (Å²) in [5, 5.41) is 7.50. The molecule has 2 aliphatic rings. The Labute approximate surface area is 171 Å². The molecule has 1 N–H and O–H groups in total. The lowest BCUT2D eigenvalue weighted by molar-refractivity contribution is -0.127. The van der Waals surface area contributed by atoms with Gasteiger partial charge in [-0.05, 0) is 43.9 Å². The first-order valence-electron chi connectivity index (χ1n) is 10.5. The van der Waals surface area contributed by atoms with Crippen LogP contribution in [-0.2, 0) is 17.9 Å². The highest BCUT2D eigenvalue weighted by Gasteiger charge is 2.20. The Hall–Kier alpha value is -2.83. The summed E-state index contributed by atoms with van der Waals surface area (Å²) in [6, 6.07) is 9.97. The fraction of sp³-hybridized carbons (Fsp3) is 0.500. The van der Waals surface area contributed by atoms with Crippen molar-refractivity contribution in [2.45, 2.75) is 45.7 Å². The Morgan fingerprint density at radius 2 is 1.90 bits per heavy atom. The maximum Gasteiger partial charge on any atom is 0.251 e. The lowest BCUT2D eigenvalue weighted by atomic mass is 10.1. The van der Waals surface area contributed by atoms with Gasteiger partial charge in [0, 0.05) is 57.3 Å². The Balaban J connectivity index is 1.26. The predicted molar refractivity (Wildman–Crippen MR) is 112 cm³/mol. The highest BCUT2D eigenvalue weighted by atomic mass is 16.2. The van der Waals surface area contributed by atoms with Crippen LogP contribution in [0.15, 0.2) is 30.3 Å². The first kappa shape index (κ1) is 19.5. The third-order valence-electron chi connectivity index (χ3n) is 5.65. The SMILES string of the molecule is Cc1cc2n(n1)CCCN2Cc1ccc(C(=O)NCCCN2CCCC2=O)cc1. The monoisotopic (exact) mass is 395 g/mol. The normalized spacial score (nSPS) is 16.2. The molecule has 0 radical (unpaired) electrons. The van der Waals surface area contributed by atoms with Crippen molar-refractivity contribution in [3.8, 4) is 0 Å². The molecular weight excluding hydrogens is 366 g/mol. The highest BCUT2D eigenvalue weighted by Crippen LogP contribution is 2.23. The number of amides is 2. The molecule has 0 unspecified atom stereocenters. The van der Waals surface area contributed by atoms with Gasteiger partial charge in [0.2, 0.25) is 5.91 Å². The van der Waals surface area contributed by atoms with Crippen molar-refractivity contribution in [3.05, 3.63) is 47.2 Å². The van der Waals surface area contributed by atoms with Gasteiger partial charge in [-0.15, -0.1) is 0 Å². The molecule has 0 saturated carbocycles. The number of aromatic nitrogens is 2. The van der Waals surface area contributed by atoms with Crippen molar-refractivity contribution >= 4 is 17.6 Å². The van der Waals surface area contributed by atoms with Gasteiger partial charge in [0.1, 0.15) is 5.82 Å². The van der Waals surface area contributed by atoms with Crippen molar-refractivity contribution < 1.29 is 9.59 Å². The Morgan fingerprint density at radius 3 is 2.66 bits per heavy atom. The van der Waals surface area contributed by atoms with Gasteiger partial charge in [-0.2, -0.15) is 5.10 Å². The standard InChI is InChI=1S/C22H29N5O2/c1-17-15-20-26(13-4-14-27(20)24-17)16-18-6-8-19(9-7-18)22(29)23-10-3-12-25-11-2-5-21(25)28/h6-9,15H,2-5,10-14,16H2,1H3,(H,23,29). The minimum absolute atomic E-state index is 0.0593. The number of nitrogens with one attached hydrogen (secondary N) is 1. The molecule has 2 amide bonds. The fourth-order valence-electron chi connectivity index (χ4n) is 4.13. The molecule has 7 nitrogen and oxygen atoms in total. The van der Waals surface area contributed by atoms with Crippen LogP contribution in [0.1, 0.15) is 47.3 Å². The van der Waals surface area contributed by atoms with Crippen LogP contribution >= 0.6 is 0 Å². The Kier molecular flexibility index (Phi) is 5.83. The van der Waals surface area contributed by atoms with Crippen molar-refractivity contribution in [2.75, 3.05) is 31.1 Å². The van der Waals surface area contributed by atoms with Crippen LogP contribution in [0.4, 0.5) is 5.82 Å². The van der Waals surface area contributed by atoms with E-state index in [-0.39, 0.29) is 11.8 Å². The molecule has 2 aromatic rings. The highest BCUT2D eigenvalue weighted by molar-refractivity contribution is 5.94. The number of hydrogen-bond donors (Lipinski definition) is 1. The maximum atomic E-state index is 12.4. The van der Waals surface area contributed by atoms with Gasteiger partial charge in [-0.3, -0.25) is 9.59 Å². The largest absolute Gasteiger partial charge is 0.352 e. The molecule has 1 saturated heterocycles. The lowest BCUT2D eigenvalue weighted by Crippen LogP contribution is -2.31. The van der Waals surface area contributed by atoms with Crippen LogP contribution in [-0.4, -0.2) is 52.7 Å². The Bertz CT molecular complexity index is 874. The van der Waals surface area contributed by atoms with Gasteiger partial charge in [0.15, 0.2) is 0 Å². The number of nitrogens with zero attached hydrogens (tertiary/aromatic N) is 4. The molecule has 1 aromatic heterocycles. The molecule has 29 heavy (non-hydrogen) atoms. The zero-order valence-electron chi connectivity index (χ0n) is 17.1. The van der Waals surface area contributed by atoms with Crippen molar-refractivity contribution in [1.29, 1.82) is 0 Å². The summed E-state index contributed by atoms with van der Waals surface area (Å²) in [6.07, 6.45) is 3.50. The molecule has 0 aliphatic carbocycles. The number of fused-ring (bicyclic) bond motifs is 1. The van der Waals surface area contributed by atoms with E-state index >= 15 is 0 Å². The molecule has 7 heteroatoms. The number of hydrogen-bond acceptors (Lipinski definition) is 4. The minimum Gasteiger partial charge on any atom is -0.352 e. The molecule has 154 valence electrons. The summed E-state index contributed by atoms with van der Waals surface area (Å²) in [7, 11) is 0. The maximum absolute atomic E-state index is 12.4. The number of anilines is 1. The average molecular weight is 396 g/mol. The second-order valence-electron chi connectivity index (χ2n) is 7.93. The Morgan fingerprint density at radius 1 is 1.10 bits per heavy atom. The van der Waals surface area contributed by atoms with Crippen LogP contribution in [0.3, 0.4) is 0 Å². The van der Waals surface area contributed by atoms with Gasteiger partial charge in [-0.1, -0.05) is 12.1 Å². The smallest absolute Gasteiger partial charge is 0.251 e. The number of likely N-dealkylation sites (tertiary alicyclic amines) is 1. The second-order valence-corrected chi connectivity index (χ2v) is 7.93. The number of aryl methyl sites for hydroxylation is 2. The van der Waals surface area contributed by atoms with Crippen LogP contribution in [0.25, 0.3) is 0 Å². The van der Waals surface area contributed by atoms with Gasteiger partial charge in [0.25, 0.3) is 5.91 Å². The van der Waals surface area contributed by atoms with Crippen LogP contribution in [0, 0.1) is 6.92 Å². The summed E-state index contributed by atoms with van der Waals surface area (Å²) in [6.45, 7) is 7.01. The molecule has 4 rings (SSSR count). The summed E-state index contributed by atoms with van der Waals surface area (Å²) in [5.41, 5.74) is 2.90. The van der Waals surface area contributed by atoms with Crippen molar-refractivity contribution in [2.24, 2.45) is 0 Å². The molecule has 1 aromatic carbocycles. The molecule has 3 heterocycles. The molecule has 0 bridgehead atoms. The van der Waals surface area contributed by atoms with E-state index in [9.17, 15) is 9.59 Å². The minimum atomic E-state index is -0.0593. The third kappa shape index (κ3) is 4.60. The van der Waals surface area contributed by atoms with Crippen LogP contribution < -0.4 is 10.2 Å². The molecule has 1 fully saturated rings. The van der Waals surface area contributed by atoms with Gasteiger partial charge >= 0.3 is 0 Å². The molecular formula is C22H29N5O2.